The maximum atomic E-state index is 13.5. The van der Waals surface area contributed by atoms with Crippen LogP contribution in [0.25, 0.3) is 0 Å². The van der Waals surface area contributed by atoms with Crippen LogP contribution in [-0.2, 0) is 33.2 Å². The van der Waals surface area contributed by atoms with E-state index in [0.717, 1.165) is 122 Å². The number of rotatable bonds is 70. The van der Waals surface area contributed by atoms with Crippen molar-refractivity contribution in [2.45, 2.75) is 420 Å². The molecule has 0 radical (unpaired) electrons. The number of aliphatic hydroxyl groups is 11. The van der Waals surface area contributed by atoms with Crippen LogP contribution in [0.2, 0.25) is 0 Å². The van der Waals surface area contributed by atoms with Crippen LogP contribution in [0.1, 0.15) is 316 Å². The molecular weight excluding hydrogens is 1420 g/mol. The first-order chi connectivity index (χ1) is 54.8. The first-order valence-electron chi connectivity index (χ1n) is 44.4. The molecule has 3 aliphatic heterocycles. The van der Waals surface area contributed by atoms with Gasteiger partial charge in [0, 0.05) is 6.42 Å². The Balaban J connectivity index is 1.34. The van der Waals surface area contributed by atoms with Gasteiger partial charge in [-0.2, -0.15) is 0 Å². The van der Waals surface area contributed by atoms with Crippen LogP contribution in [-0.4, -0.2) is 193 Å². The van der Waals surface area contributed by atoms with Crippen LogP contribution in [0.3, 0.4) is 0 Å². The highest BCUT2D eigenvalue weighted by Gasteiger charge is 2.54. The summed E-state index contributed by atoms with van der Waals surface area (Å²) in [6.07, 6.45) is 75.8. The second kappa shape index (κ2) is 71.1. The largest absolute Gasteiger partial charge is 0.394 e. The smallest absolute Gasteiger partial charge is 0.220 e. The number of allylic oxidation sites excluding steroid dienone is 21. The number of aliphatic hydroxyl groups excluding tert-OH is 11. The lowest BCUT2D eigenvalue weighted by Crippen LogP contribution is -2.66. The van der Waals surface area contributed by atoms with Crippen molar-refractivity contribution >= 4 is 5.91 Å². The summed E-state index contributed by atoms with van der Waals surface area (Å²) in [6, 6.07) is -0.986. The minimum absolute atomic E-state index is 0.231. The molecule has 17 atom stereocenters. The molecule has 0 bridgehead atoms. The number of ether oxygens (including phenoxy) is 6. The summed E-state index contributed by atoms with van der Waals surface area (Å²) in [5, 5.41) is 121. The van der Waals surface area contributed by atoms with Crippen LogP contribution < -0.4 is 5.32 Å². The van der Waals surface area contributed by atoms with Crippen molar-refractivity contribution in [1.29, 1.82) is 0 Å². The third-order valence-corrected chi connectivity index (χ3v) is 21.2. The number of amides is 1. The van der Waals surface area contributed by atoms with E-state index in [1.54, 1.807) is 6.08 Å². The molecule has 0 aromatic heterocycles. The zero-order valence-corrected chi connectivity index (χ0v) is 69.4. The maximum Gasteiger partial charge on any atom is 0.220 e. The fraction of sp³-hybridized carbons (Fsp3) is 0.753. The van der Waals surface area contributed by atoms with Gasteiger partial charge in [-0.25, -0.2) is 0 Å². The minimum atomic E-state index is -1.99. The summed E-state index contributed by atoms with van der Waals surface area (Å²) in [5.74, 6) is -0.282. The molecule has 3 heterocycles. The molecule has 12 N–H and O–H groups in total. The summed E-state index contributed by atoms with van der Waals surface area (Å²) in [6.45, 7) is 1.65. The van der Waals surface area contributed by atoms with Crippen molar-refractivity contribution in [3.05, 3.63) is 134 Å². The lowest BCUT2D eigenvalue weighted by Gasteiger charge is -2.48. The Morgan fingerprint density at radius 3 is 0.964 bits per heavy atom. The summed E-state index contributed by atoms with van der Waals surface area (Å²) >= 11 is 0. The number of unbranched alkanes of at least 4 members (excludes halogenated alkanes) is 34. The van der Waals surface area contributed by atoms with E-state index < -0.39 is 124 Å². The lowest BCUT2D eigenvalue weighted by atomic mass is 9.96. The second-order valence-corrected chi connectivity index (χ2v) is 31.0. The Hall–Kier alpha value is -4.07. The van der Waals surface area contributed by atoms with Crippen molar-refractivity contribution in [2.75, 3.05) is 26.4 Å². The molecule has 3 fully saturated rings. The Kier molecular flexibility index (Phi) is 64.8. The molecule has 0 spiro atoms. The number of nitrogens with one attached hydrogen (secondary N) is 1. The number of hydrogen-bond donors (Lipinski definition) is 12. The highest BCUT2D eigenvalue weighted by Crippen LogP contribution is 2.33. The Morgan fingerprint density at radius 1 is 0.330 bits per heavy atom. The van der Waals surface area contributed by atoms with E-state index in [0.29, 0.717) is 6.42 Å². The first-order valence-corrected chi connectivity index (χ1v) is 44.4. The van der Waals surface area contributed by atoms with Crippen LogP contribution in [0, 0.1) is 0 Å². The third-order valence-electron chi connectivity index (χ3n) is 21.2. The predicted molar refractivity (Wildman–Crippen MR) is 452 cm³/mol. The Labute approximate surface area is 677 Å². The normalized spacial score (nSPS) is 25.6. The fourth-order valence-corrected chi connectivity index (χ4v) is 14.2. The van der Waals surface area contributed by atoms with Gasteiger partial charge in [0.15, 0.2) is 18.9 Å². The molecule has 644 valence electrons. The zero-order chi connectivity index (χ0) is 81.0. The van der Waals surface area contributed by atoms with Gasteiger partial charge in [0.1, 0.15) is 73.2 Å². The van der Waals surface area contributed by atoms with E-state index in [-0.39, 0.29) is 18.9 Å². The molecular formula is C93H159NO18. The van der Waals surface area contributed by atoms with Crippen LogP contribution in [0.4, 0.5) is 0 Å². The van der Waals surface area contributed by atoms with Gasteiger partial charge >= 0.3 is 0 Å². The standard InChI is InChI=1S/C93H159NO18/c1-3-5-7-9-11-13-15-17-19-21-23-25-27-29-31-32-33-34-35-36-37-38-39-40-41-42-43-44-45-47-49-51-53-55-57-59-61-63-65-67-69-71-81(99)94-76(77(98)70-68-66-64-62-60-58-56-54-52-50-48-46-30-28-26-24-22-20-18-16-14-12-10-8-6-4-2)75-107-91-87(105)84(102)89(79(73-96)109-91)112-93-88(106)85(103)90(80(74-97)110-93)111-92-86(104)83(101)82(100)78(72-95)108-92/h5,7,11,13,17,19,23,25,29,31,33-34,36-37,39-40,42-43,45,47,68,70,76-80,82-93,95-98,100-106H,3-4,6,8-10,12,14-16,18,20-22,24,26-28,30,32,35,38,41,44,46,48-67,69,71-75H2,1-2H3,(H,94,99)/b7-5-,13-11-,19-17-,25-23-,31-29-,34-33-,37-36-,40-39-,43-42-,47-45-,70-68+. The van der Waals surface area contributed by atoms with E-state index in [4.69, 9.17) is 28.4 Å². The van der Waals surface area contributed by atoms with Gasteiger partial charge in [-0.3, -0.25) is 4.79 Å². The highest BCUT2D eigenvalue weighted by molar-refractivity contribution is 5.76. The van der Waals surface area contributed by atoms with E-state index in [1.807, 2.05) is 6.08 Å². The SMILES string of the molecule is CC/C=C\C/C=C\C/C=C\C/C=C\C/C=C\C/C=C\C/C=C\C/C=C\C/C=C\C/C=C\CCCCCCCCCCCCC(=O)NC(COC1OC(CO)C(OC2OC(CO)C(OC3OC(CO)C(O)C(O)C3O)C(O)C2O)C(O)C1O)C(O)/C=C/CCCCCCCCCCCCCCCCCCCCCCCCCC. The molecule has 3 aliphatic rings. The molecule has 0 aromatic carbocycles. The van der Waals surface area contributed by atoms with Crippen molar-refractivity contribution in [1.82, 2.24) is 5.32 Å². The quantitative estimate of drug-likeness (QED) is 0.0199. The van der Waals surface area contributed by atoms with Gasteiger partial charge in [-0.1, -0.05) is 347 Å². The average Bonchev–Trinajstić information content (AvgIpc) is 0.781. The van der Waals surface area contributed by atoms with Crippen molar-refractivity contribution in [2.24, 2.45) is 0 Å². The van der Waals surface area contributed by atoms with Gasteiger partial charge < -0.3 is 89.9 Å². The summed E-state index contributed by atoms with van der Waals surface area (Å²) in [5.41, 5.74) is 0. The van der Waals surface area contributed by atoms with Crippen molar-refractivity contribution in [3.63, 3.8) is 0 Å². The fourth-order valence-electron chi connectivity index (χ4n) is 14.2. The Morgan fingerprint density at radius 2 is 0.616 bits per heavy atom. The van der Waals surface area contributed by atoms with E-state index >= 15 is 0 Å². The molecule has 3 rings (SSSR count). The molecule has 0 aliphatic carbocycles. The summed E-state index contributed by atoms with van der Waals surface area (Å²) in [4.78, 5) is 13.5. The Bertz CT molecular complexity index is 2540. The van der Waals surface area contributed by atoms with E-state index in [1.165, 1.54) is 167 Å². The lowest BCUT2D eigenvalue weighted by molar-refractivity contribution is -0.379. The molecule has 19 heteroatoms. The van der Waals surface area contributed by atoms with Gasteiger partial charge in [0.2, 0.25) is 5.91 Å². The molecule has 0 saturated carbocycles. The summed E-state index contributed by atoms with van der Waals surface area (Å²) in [7, 11) is 0. The maximum absolute atomic E-state index is 13.5. The zero-order valence-electron chi connectivity index (χ0n) is 69.4. The van der Waals surface area contributed by atoms with E-state index in [9.17, 15) is 61.0 Å². The monoisotopic (exact) mass is 1580 g/mol. The predicted octanol–water partition coefficient (Wildman–Crippen LogP) is 16.8. The topological polar surface area (TPSA) is 307 Å². The van der Waals surface area contributed by atoms with Crippen molar-refractivity contribution < 1.29 is 89.4 Å². The molecule has 19 nitrogen and oxygen atoms in total. The number of hydrogen-bond acceptors (Lipinski definition) is 18. The van der Waals surface area contributed by atoms with Crippen molar-refractivity contribution in [3.8, 4) is 0 Å². The average molecular weight is 1580 g/mol. The molecule has 112 heavy (non-hydrogen) atoms. The van der Waals surface area contributed by atoms with Gasteiger partial charge in [0.05, 0.1) is 38.6 Å². The molecule has 1 amide bonds. The highest BCUT2D eigenvalue weighted by atomic mass is 16.8. The summed E-state index contributed by atoms with van der Waals surface area (Å²) < 4.78 is 34.5. The van der Waals surface area contributed by atoms with Gasteiger partial charge in [0.25, 0.3) is 0 Å². The van der Waals surface area contributed by atoms with E-state index in [2.05, 4.69) is 141 Å². The van der Waals surface area contributed by atoms with Gasteiger partial charge in [-0.05, 0) is 96.3 Å². The van der Waals surface area contributed by atoms with Crippen LogP contribution in [0.15, 0.2) is 134 Å². The first kappa shape index (κ1) is 102. The van der Waals surface area contributed by atoms with Crippen LogP contribution in [0.5, 0.6) is 0 Å². The molecule has 17 unspecified atom stereocenters. The minimum Gasteiger partial charge on any atom is -0.394 e. The number of carbonyl (C=O) groups is 1. The third kappa shape index (κ3) is 49.2. The van der Waals surface area contributed by atoms with Gasteiger partial charge in [-0.15, -0.1) is 0 Å². The molecule has 3 saturated heterocycles. The number of carbonyl (C=O) groups excluding carboxylic acids is 1. The van der Waals surface area contributed by atoms with Crippen LogP contribution >= 0.6 is 0 Å². The molecule has 0 aromatic rings. The second-order valence-electron chi connectivity index (χ2n) is 31.0.